The zero-order valence-electron chi connectivity index (χ0n) is 16.3. The molecule has 2 heterocycles. The van der Waals surface area contributed by atoms with Gasteiger partial charge >= 0.3 is 0 Å². The van der Waals surface area contributed by atoms with Crippen LogP contribution < -0.4 is 0 Å². The van der Waals surface area contributed by atoms with Crippen LogP contribution in [0.15, 0.2) is 0 Å². The molecule has 0 aromatic heterocycles. The average Bonchev–Trinajstić information content (AvgIpc) is 2.40. The molecule has 0 aromatic carbocycles. The average molecular weight is 309 g/mol. The Morgan fingerprint density at radius 1 is 0.864 bits per heavy atom. The van der Waals surface area contributed by atoms with Crippen molar-refractivity contribution in [3.05, 3.63) is 0 Å². The highest BCUT2D eigenvalue weighted by Gasteiger charge is 2.39. The second-order valence-corrected chi connectivity index (χ2v) is 9.92. The van der Waals surface area contributed by atoms with Crippen molar-refractivity contribution < 1.29 is 0 Å². The van der Waals surface area contributed by atoms with Gasteiger partial charge in [0.15, 0.2) is 0 Å². The lowest BCUT2D eigenvalue weighted by molar-refractivity contribution is 0.0161. The predicted octanol–water partition coefficient (Wildman–Crippen LogP) is 4.64. The maximum Gasteiger partial charge on any atom is 0.0144 e. The summed E-state index contributed by atoms with van der Waals surface area (Å²) in [6.07, 6.45) is 8.36. The van der Waals surface area contributed by atoms with Crippen molar-refractivity contribution >= 4 is 0 Å². The zero-order chi connectivity index (χ0) is 16.5. The highest BCUT2D eigenvalue weighted by Crippen LogP contribution is 2.41. The number of hydrogen-bond acceptors (Lipinski definition) is 2. The quantitative estimate of drug-likeness (QED) is 0.749. The van der Waals surface area contributed by atoms with Gasteiger partial charge in [0.2, 0.25) is 0 Å². The van der Waals surface area contributed by atoms with E-state index < -0.39 is 0 Å². The summed E-state index contributed by atoms with van der Waals surface area (Å²) in [5, 5.41) is 0. The van der Waals surface area contributed by atoms with Crippen molar-refractivity contribution in [3.8, 4) is 0 Å². The molecule has 2 nitrogen and oxygen atoms in total. The smallest absolute Gasteiger partial charge is 0.0144 e. The van der Waals surface area contributed by atoms with Crippen molar-refractivity contribution in [2.45, 2.75) is 85.2 Å². The van der Waals surface area contributed by atoms with E-state index in [1.54, 1.807) is 0 Å². The minimum atomic E-state index is 0.433. The van der Waals surface area contributed by atoms with Gasteiger partial charge in [-0.3, -0.25) is 0 Å². The summed E-state index contributed by atoms with van der Waals surface area (Å²) in [5.74, 6) is 0.856. The summed E-state index contributed by atoms with van der Waals surface area (Å²) in [6.45, 7) is 14.8. The van der Waals surface area contributed by atoms with Crippen molar-refractivity contribution in [2.75, 3.05) is 27.2 Å². The molecule has 2 fully saturated rings. The Kier molecular flexibility index (Phi) is 5.65. The summed E-state index contributed by atoms with van der Waals surface area (Å²) in [6, 6.07) is 1.55. The minimum absolute atomic E-state index is 0.433. The van der Waals surface area contributed by atoms with Crippen LogP contribution >= 0.6 is 0 Å². The standard InChI is InChI=1S/C20H40N2/c1-19(2,3)16-11-12-17(22(7)15-16)14-20(4,5)18-10-8-9-13-21(18)6/h16-18H,8-15H2,1-7H3. The summed E-state index contributed by atoms with van der Waals surface area (Å²) in [4.78, 5) is 5.30. The highest BCUT2D eigenvalue weighted by atomic mass is 15.2. The molecule has 2 saturated heterocycles. The van der Waals surface area contributed by atoms with E-state index in [1.807, 2.05) is 0 Å². The van der Waals surface area contributed by atoms with Gasteiger partial charge in [0.1, 0.15) is 0 Å². The Hall–Kier alpha value is -0.0800. The monoisotopic (exact) mass is 308 g/mol. The van der Waals surface area contributed by atoms with Crippen molar-refractivity contribution in [3.63, 3.8) is 0 Å². The first kappa shape index (κ1) is 18.3. The zero-order valence-corrected chi connectivity index (χ0v) is 16.3. The minimum Gasteiger partial charge on any atom is -0.303 e. The van der Waals surface area contributed by atoms with E-state index in [4.69, 9.17) is 0 Å². The number of piperidine rings is 2. The van der Waals surface area contributed by atoms with Crippen LogP contribution in [0.4, 0.5) is 0 Å². The fraction of sp³-hybridized carbons (Fsp3) is 1.00. The van der Waals surface area contributed by atoms with Crippen LogP contribution in [-0.4, -0.2) is 49.1 Å². The lowest BCUT2D eigenvalue weighted by Crippen LogP contribution is -2.51. The lowest BCUT2D eigenvalue weighted by atomic mass is 9.70. The molecule has 0 radical (unpaired) electrons. The predicted molar refractivity (Wildman–Crippen MR) is 97.3 cm³/mol. The van der Waals surface area contributed by atoms with E-state index in [1.165, 1.54) is 51.6 Å². The fourth-order valence-corrected chi connectivity index (χ4v) is 4.97. The molecule has 2 rings (SSSR count). The molecule has 2 heteroatoms. The molecule has 22 heavy (non-hydrogen) atoms. The Labute approximate surface area is 139 Å². The number of nitrogens with zero attached hydrogens (tertiary/aromatic N) is 2. The second kappa shape index (κ2) is 6.81. The van der Waals surface area contributed by atoms with Gasteiger partial charge in [-0.05, 0) is 69.5 Å². The first-order chi connectivity index (χ1) is 10.1. The SMILES string of the molecule is CN1CC(C(C)(C)C)CCC1CC(C)(C)C1CCCCN1C. The molecular weight excluding hydrogens is 268 g/mol. The molecule has 3 atom stereocenters. The van der Waals surface area contributed by atoms with Crippen molar-refractivity contribution in [1.29, 1.82) is 0 Å². The van der Waals surface area contributed by atoms with Crippen LogP contribution in [-0.2, 0) is 0 Å². The van der Waals surface area contributed by atoms with Crippen LogP contribution in [0.5, 0.6) is 0 Å². The molecule has 0 amide bonds. The maximum atomic E-state index is 2.67. The normalized spacial score (nSPS) is 33.1. The number of hydrogen-bond donors (Lipinski definition) is 0. The molecule has 130 valence electrons. The molecule has 0 bridgehead atoms. The van der Waals surface area contributed by atoms with Crippen molar-refractivity contribution in [2.24, 2.45) is 16.7 Å². The third-order valence-corrected chi connectivity index (χ3v) is 6.64. The highest BCUT2D eigenvalue weighted by molar-refractivity contribution is 4.93. The molecule has 2 aliphatic heterocycles. The molecular formula is C20H40N2. The molecule has 0 N–H and O–H groups in total. The molecule has 0 aliphatic carbocycles. The lowest BCUT2D eigenvalue weighted by Gasteiger charge is -2.49. The van der Waals surface area contributed by atoms with E-state index in [9.17, 15) is 0 Å². The van der Waals surface area contributed by atoms with Gasteiger partial charge in [-0.25, -0.2) is 0 Å². The topological polar surface area (TPSA) is 6.48 Å². The van der Waals surface area contributed by atoms with Gasteiger partial charge in [-0.2, -0.15) is 0 Å². The number of likely N-dealkylation sites (tertiary alicyclic amines) is 2. The van der Waals surface area contributed by atoms with Gasteiger partial charge < -0.3 is 9.80 Å². The summed E-state index contributed by atoms with van der Waals surface area (Å²) in [7, 11) is 4.70. The second-order valence-electron chi connectivity index (χ2n) is 9.92. The molecule has 0 spiro atoms. The summed E-state index contributed by atoms with van der Waals surface area (Å²) in [5.41, 5.74) is 0.890. The Morgan fingerprint density at radius 2 is 1.55 bits per heavy atom. The van der Waals surface area contributed by atoms with Gasteiger partial charge in [0.25, 0.3) is 0 Å². The van der Waals surface area contributed by atoms with Gasteiger partial charge in [-0.1, -0.05) is 41.0 Å². The molecule has 0 aromatic rings. The fourth-order valence-electron chi connectivity index (χ4n) is 4.97. The first-order valence-electron chi connectivity index (χ1n) is 9.52. The van der Waals surface area contributed by atoms with Gasteiger partial charge in [0, 0.05) is 18.6 Å². The Morgan fingerprint density at radius 3 is 2.09 bits per heavy atom. The van der Waals surface area contributed by atoms with E-state index in [2.05, 4.69) is 58.5 Å². The van der Waals surface area contributed by atoms with E-state index in [0.717, 1.165) is 18.0 Å². The van der Waals surface area contributed by atoms with E-state index >= 15 is 0 Å². The molecule has 3 unspecified atom stereocenters. The van der Waals surface area contributed by atoms with Crippen LogP contribution in [0, 0.1) is 16.7 Å². The van der Waals surface area contributed by atoms with Crippen LogP contribution in [0.3, 0.4) is 0 Å². The number of rotatable bonds is 3. The third-order valence-electron chi connectivity index (χ3n) is 6.64. The third kappa shape index (κ3) is 4.26. The molecule has 2 aliphatic rings. The van der Waals surface area contributed by atoms with Gasteiger partial charge in [0.05, 0.1) is 0 Å². The maximum absolute atomic E-state index is 2.67. The van der Waals surface area contributed by atoms with Crippen LogP contribution in [0.25, 0.3) is 0 Å². The first-order valence-corrected chi connectivity index (χ1v) is 9.52. The van der Waals surface area contributed by atoms with E-state index in [-0.39, 0.29) is 0 Å². The van der Waals surface area contributed by atoms with Crippen molar-refractivity contribution in [1.82, 2.24) is 9.80 Å². The Bertz CT molecular complexity index is 355. The van der Waals surface area contributed by atoms with Gasteiger partial charge in [-0.15, -0.1) is 0 Å². The van der Waals surface area contributed by atoms with Crippen LogP contribution in [0.2, 0.25) is 0 Å². The largest absolute Gasteiger partial charge is 0.303 e. The summed E-state index contributed by atoms with van der Waals surface area (Å²) < 4.78 is 0. The summed E-state index contributed by atoms with van der Waals surface area (Å²) >= 11 is 0. The Balaban J connectivity index is 1.95. The van der Waals surface area contributed by atoms with E-state index in [0.29, 0.717) is 10.8 Å². The van der Waals surface area contributed by atoms with Crippen LogP contribution in [0.1, 0.15) is 73.1 Å². The molecule has 0 saturated carbocycles.